The molecule has 4 N–H and O–H groups in total. The standard InChI is InChI=1S/C16H18ClN3O2.HI/c1-22-14-8-6-13(7-9-14)20-16(18)19-10-15(21)11-2-4-12(17)5-3-11;/h2-9,15,21H,10H2,1H3,(H3,18,19,20);1H. The first-order valence-electron chi connectivity index (χ1n) is 6.73. The second kappa shape index (κ2) is 9.59. The molecule has 0 radical (unpaired) electrons. The monoisotopic (exact) mass is 447 g/mol. The number of aliphatic hydroxyl groups is 1. The summed E-state index contributed by atoms with van der Waals surface area (Å²) in [5.41, 5.74) is 7.34. The van der Waals surface area contributed by atoms with Gasteiger partial charge in [0.1, 0.15) is 5.75 Å². The molecule has 0 saturated carbocycles. The number of ether oxygens (including phenoxy) is 1. The lowest BCUT2D eigenvalue weighted by atomic mass is 10.1. The Hall–Kier alpha value is -1.51. The fourth-order valence-corrected chi connectivity index (χ4v) is 1.96. The number of aliphatic hydroxyl groups excluding tert-OH is 1. The lowest BCUT2D eigenvalue weighted by molar-refractivity contribution is 0.187. The van der Waals surface area contributed by atoms with Crippen molar-refractivity contribution in [2.75, 3.05) is 19.0 Å². The van der Waals surface area contributed by atoms with E-state index in [1.807, 2.05) is 24.3 Å². The van der Waals surface area contributed by atoms with Gasteiger partial charge in [-0.1, -0.05) is 23.7 Å². The molecule has 1 atom stereocenters. The van der Waals surface area contributed by atoms with Crippen LogP contribution in [0.15, 0.2) is 53.5 Å². The lowest BCUT2D eigenvalue weighted by Gasteiger charge is -2.10. The summed E-state index contributed by atoms with van der Waals surface area (Å²) in [7, 11) is 1.61. The maximum absolute atomic E-state index is 10.0. The van der Waals surface area contributed by atoms with E-state index in [2.05, 4.69) is 10.3 Å². The third kappa shape index (κ3) is 6.25. The van der Waals surface area contributed by atoms with Crippen molar-refractivity contribution in [1.82, 2.24) is 0 Å². The van der Waals surface area contributed by atoms with Crippen LogP contribution in [0, 0.1) is 0 Å². The number of nitrogens with two attached hydrogens (primary N) is 1. The molecule has 0 aliphatic heterocycles. The van der Waals surface area contributed by atoms with Crippen molar-refractivity contribution in [2.24, 2.45) is 10.7 Å². The summed E-state index contributed by atoms with van der Waals surface area (Å²) in [6.45, 7) is 0.163. The number of aliphatic imine (C=N–C) groups is 1. The minimum atomic E-state index is -0.728. The molecule has 2 aromatic rings. The van der Waals surface area contributed by atoms with E-state index in [-0.39, 0.29) is 36.5 Å². The van der Waals surface area contributed by atoms with Crippen molar-refractivity contribution in [3.63, 3.8) is 0 Å². The van der Waals surface area contributed by atoms with E-state index in [1.165, 1.54) is 0 Å². The Labute approximate surface area is 157 Å². The van der Waals surface area contributed by atoms with Crippen LogP contribution in [0.4, 0.5) is 5.69 Å². The molecular weight excluding hydrogens is 429 g/mol. The normalized spacial score (nSPS) is 12.2. The number of guanidine groups is 1. The SMILES string of the molecule is COc1ccc(NC(N)=NCC(O)c2ccc(Cl)cc2)cc1.I. The zero-order chi connectivity index (χ0) is 15.9. The first-order valence-corrected chi connectivity index (χ1v) is 7.11. The van der Waals surface area contributed by atoms with Crippen LogP contribution in [0.3, 0.4) is 0 Å². The molecule has 0 aliphatic rings. The Balaban J connectivity index is 0.00000264. The Kier molecular flexibility index (Phi) is 8.15. The third-order valence-corrected chi connectivity index (χ3v) is 3.30. The quantitative estimate of drug-likeness (QED) is 0.373. The van der Waals surface area contributed by atoms with Crippen LogP contribution in [0.25, 0.3) is 0 Å². The second-order valence-corrected chi connectivity index (χ2v) is 5.08. The average Bonchev–Trinajstić information content (AvgIpc) is 2.54. The first kappa shape index (κ1) is 19.5. The smallest absolute Gasteiger partial charge is 0.193 e. The molecule has 0 spiro atoms. The number of rotatable bonds is 5. The van der Waals surface area contributed by atoms with Crippen LogP contribution in [0.5, 0.6) is 5.75 Å². The number of hydrogen-bond donors (Lipinski definition) is 3. The summed E-state index contributed by atoms with van der Waals surface area (Å²) in [5.74, 6) is 0.998. The Morgan fingerprint density at radius 1 is 1.22 bits per heavy atom. The number of anilines is 1. The predicted molar refractivity (Wildman–Crippen MR) is 105 cm³/mol. The molecule has 1 unspecified atom stereocenters. The molecule has 23 heavy (non-hydrogen) atoms. The molecule has 7 heteroatoms. The van der Waals surface area contributed by atoms with Gasteiger partial charge in [-0.05, 0) is 42.0 Å². The molecule has 0 fully saturated rings. The highest BCUT2D eigenvalue weighted by molar-refractivity contribution is 14.0. The number of nitrogens with zero attached hydrogens (tertiary/aromatic N) is 1. The fourth-order valence-electron chi connectivity index (χ4n) is 1.84. The Bertz CT molecular complexity index is 633. The summed E-state index contributed by atoms with van der Waals surface area (Å²) in [5, 5.41) is 13.6. The number of halogens is 2. The van der Waals surface area contributed by atoms with Crippen LogP contribution in [0.2, 0.25) is 5.02 Å². The van der Waals surface area contributed by atoms with E-state index in [0.717, 1.165) is 17.0 Å². The zero-order valence-electron chi connectivity index (χ0n) is 12.6. The van der Waals surface area contributed by atoms with Gasteiger partial charge in [0.15, 0.2) is 5.96 Å². The fraction of sp³-hybridized carbons (Fsp3) is 0.188. The minimum absolute atomic E-state index is 0. The van der Waals surface area contributed by atoms with Gasteiger partial charge >= 0.3 is 0 Å². The number of nitrogens with one attached hydrogen (secondary N) is 1. The van der Waals surface area contributed by atoms with Crippen molar-refractivity contribution in [2.45, 2.75) is 6.10 Å². The van der Waals surface area contributed by atoms with E-state index in [0.29, 0.717) is 5.02 Å². The van der Waals surface area contributed by atoms with Gasteiger partial charge in [-0.15, -0.1) is 24.0 Å². The number of methoxy groups -OCH3 is 1. The van der Waals surface area contributed by atoms with Gasteiger partial charge in [0.05, 0.1) is 19.8 Å². The molecule has 0 aromatic heterocycles. The molecule has 124 valence electrons. The summed E-state index contributed by atoms with van der Waals surface area (Å²) >= 11 is 5.81. The average molecular weight is 448 g/mol. The van der Waals surface area contributed by atoms with E-state index < -0.39 is 6.10 Å². The molecule has 0 aliphatic carbocycles. The largest absolute Gasteiger partial charge is 0.497 e. The first-order chi connectivity index (χ1) is 10.6. The van der Waals surface area contributed by atoms with Crippen molar-refractivity contribution >= 4 is 47.2 Å². The van der Waals surface area contributed by atoms with Gasteiger partial charge < -0.3 is 20.9 Å². The van der Waals surface area contributed by atoms with Crippen LogP contribution in [-0.4, -0.2) is 24.7 Å². The van der Waals surface area contributed by atoms with E-state index in [9.17, 15) is 5.11 Å². The van der Waals surface area contributed by atoms with E-state index in [4.69, 9.17) is 22.1 Å². The van der Waals surface area contributed by atoms with Gasteiger partial charge in [0, 0.05) is 10.7 Å². The highest BCUT2D eigenvalue weighted by atomic mass is 127. The Morgan fingerprint density at radius 3 is 2.39 bits per heavy atom. The molecule has 0 heterocycles. The van der Waals surface area contributed by atoms with Crippen molar-refractivity contribution < 1.29 is 9.84 Å². The molecule has 0 amide bonds. The second-order valence-electron chi connectivity index (χ2n) is 4.65. The highest BCUT2D eigenvalue weighted by Crippen LogP contribution is 2.17. The van der Waals surface area contributed by atoms with Crippen molar-refractivity contribution in [3.05, 3.63) is 59.1 Å². The van der Waals surface area contributed by atoms with Crippen LogP contribution < -0.4 is 15.8 Å². The van der Waals surface area contributed by atoms with Crippen LogP contribution in [0.1, 0.15) is 11.7 Å². The molecule has 2 rings (SSSR count). The lowest BCUT2D eigenvalue weighted by Crippen LogP contribution is -2.23. The summed E-state index contributed by atoms with van der Waals surface area (Å²) in [4.78, 5) is 4.13. The minimum Gasteiger partial charge on any atom is -0.497 e. The predicted octanol–water partition coefficient (Wildman–Crippen LogP) is 3.43. The maximum Gasteiger partial charge on any atom is 0.193 e. The number of hydrogen-bond acceptors (Lipinski definition) is 3. The molecular formula is C16H19ClIN3O2. The summed E-state index contributed by atoms with van der Waals surface area (Å²) in [6.07, 6.45) is -0.728. The van der Waals surface area contributed by atoms with Crippen molar-refractivity contribution in [3.8, 4) is 5.75 Å². The Morgan fingerprint density at radius 2 is 1.83 bits per heavy atom. The highest BCUT2D eigenvalue weighted by Gasteiger charge is 2.06. The summed E-state index contributed by atoms with van der Waals surface area (Å²) < 4.78 is 5.08. The van der Waals surface area contributed by atoms with Crippen molar-refractivity contribution in [1.29, 1.82) is 0 Å². The van der Waals surface area contributed by atoms with Gasteiger partial charge in [-0.3, -0.25) is 4.99 Å². The molecule has 0 saturated heterocycles. The van der Waals surface area contributed by atoms with Gasteiger partial charge in [0.25, 0.3) is 0 Å². The van der Waals surface area contributed by atoms with E-state index in [1.54, 1.807) is 31.4 Å². The molecule has 0 bridgehead atoms. The molecule has 5 nitrogen and oxygen atoms in total. The maximum atomic E-state index is 10.0. The van der Waals surface area contributed by atoms with Gasteiger partial charge in [-0.2, -0.15) is 0 Å². The molecule has 2 aromatic carbocycles. The van der Waals surface area contributed by atoms with E-state index >= 15 is 0 Å². The topological polar surface area (TPSA) is 79.9 Å². The van der Waals surface area contributed by atoms with Gasteiger partial charge in [0.2, 0.25) is 0 Å². The van der Waals surface area contributed by atoms with Crippen LogP contribution in [-0.2, 0) is 0 Å². The van der Waals surface area contributed by atoms with Gasteiger partial charge in [-0.25, -0.2) is 0 Å². The zero-order valence-corrected chi connectivity index (χ0v) is 15.7. The van der Waals surface area contributed by atoms with Crippen LogP contribution >= 0.6 is 35.6 Å². The third-order valence-electron chi connectivity index (χ3n) is 3.05. The summed E-state index contributed by atoms with van der Waals surface area (Å²) in [6, 6.07) is 14.3. The number of benzene rings is 2.